The molecule has 3 aromatic heterocycles. The minimum Gasteiger partial charge on any atom is -0.379 e. The van der Waals surface area contributed by atoms with Crippen LogP contribution in [-0.4, -0.2) is 38.8 Å². The topological polar surface area (TPSA) is 81.9 Å². The van der Waals surface area contributed by atoms with Gasteiger partial charge in [-0.2, -0.15) is 4.98 Å². The summed E-state index contributed by atoms with van der Waals surface area (Å²) < 4.78 is 7.07. The largest absolute Gasteiger partial charge is 0.379 e. The van der Waals surface area contributed by atoms with Crippen molar-refractivity contribution in [3.05, 3.63) is 69.7 Å². The number of fused-ring (bicyclic) bond motifs is 1. The smallest absolute Gasteiger partial charge is 0.260 e. The molecule has 4 aromatic rings. The molecule has 33 heavy (non-hydrogen) atoms. The van der Waals surface area contributed by atoms with Crippen LogP contribution in [0.1, 0.15) is 18.9 Å². The number of benzene rings is 1. The minimum absolute atomic E-state index is 0.137. The van der Waals surface area contributed by atoms with Gasteiger partial charge in [0, 0.05) is 52.6 Å². The molecular formula is C25H24ClN5O2. The van der Waals surface area contributed by atoms with Crippen molar-refractivity contribution in [3.8, 4) is 22.4 Å². The predicted octanol–water partition coefficient (Wildman–Crippen LogP) is 4.70. The van der Waals surface area contributed by atoms with Gasteiger partial charge in [0.2, 0.25) is 5.95 Å². The molecule has 1 fully saturated rings. The van der Waals surface area contributed by atoms with Crippen molar-refractivity contribution in [2.45, 2.75) is 32.9 Å². The van der Waals surface area contributed by atoms with Crippen molar-refractivity contribution >= 4 is 28.6 Å². The highest BCUT2D eigenvalue weighted by atomic mass is 35.5. The summed E-state index contributed by atoms with van der Waals surface area (Å²) in [5.74, 6) is 0.500. The zero-order valence-corrected chi connectivity index (χ0v) is 19.3. The van der Waals surface area contributed by atoms with Crippen molar-refractivity contribution in [2.24, 2.45) is 0 Å². The maximum Gasteiger partial charge on any atom is 0.260 e. The summed E-state index contributed by atoms with van der Waals surface area (Å²) in [6.07, 6.45) is 4.42. The lowest BCUT2D eigenvalue weighted by atomic mass is 10.0. The summed E-state index contributed by atoms with van der Waals surface area (Å²) in [5, 5.41) is 4.57. The van der Waals surface area contributed by atoms with Gasteiger partial charge in [0.1, 0.15) is 5.65 Å². The van der Waals surface area contributed by atoms with Gasteiger partial charge >= 0.3 is 0 Å². The summed E-state index contributed by atoms with van der Waals surface area (Å²) in [5.41, 5.74) is 4.50. The van der Waals surface area contributed by atoms with Gasteiger partial charge in [-0.15, -0.1) is 0 Å². The average molecular weight is 462 g/mol. The Balaban J connectivity index is 1.57. The maximum atomic E-state index is 13.4. The predicted molar refractivity (Wildman–Crippen MR) is 131 cm³/mol. The van der Waals surface area contributed by atoms with E-state index < -0.39 is 0 Å². The monoisotopic (exact) mass is 461 g/mol. The molecule has 1 saturated heterocycles. The van der Waals surface area contributed by atoms with Gasteiger partial charge in [-0.3, -0.25) is 14.3 Å². The molecule has 8 heteroatoms. The number of nitrogens with zero attached hydrogens (tertiary/aromatic N) is 4. The van der Waals surface area contributed by atoms with Crippen molar-refractivity contribution in [1.82, 2.24) is 19.5 Å². The number of hydrogen-bond donors (Lipinski definition) is 1. The van der Waals surface area contributed by atoms with E-state index in [1.807, 2.05) is 50.2 Å². The molecule has 1 N–H and O–H groups in total. The fourth-order valence-corrected chi connectivity index (χ4v) is 4.50. The number of anilines is 1. The third-order valence-electron chi connectivity index (χ3n) is 5.95. The number of rotatable bonds is 5. The lowest BCUT2D eigenvalue weighted by molar-refractivity contribution is 0.195. The van der Waals surface area contributed by atoms with E-state index in [1.165, 1.54) is 0 Å². The van der Waals surface area contributed by atoms with Crippen LogP contribution in [0, 0.1) is 6.92 Å². The zero-order valence-electron chi connectivity index (χ0n) is 18.5. The first kappa shape index (κ1) is 21.6. The summed E-state index contributed by atoms with van der Waals surface area (Å²) in [4.78, 5) is 27.0. The molecule has 0 spiro atoms. The molecule has 0 amide bonds. The first-order valence-corrected chi connectivity index (χ1v) is 11.4. The second kappa shape index (κ2) is 8.92. The lowest BCUT2D eigenvalue weighted by Crippen LogP contribution is -2.24. The summed E-state index contributed by atoms with van der Waals surface area (Å²) in [7, 11) is 0. The number of halogens is 1. The van der Waals surface area contributed by atoms with Gasteiger partial charge in [0.25, 0.3) is 5.56 Å². The Hall–Kier alpha value is -3.29. The van der Waals surface area contributed by atoms with E-state index in [0.717, 1.165) is 35.2 Å². The Morgan fingerprint density at radius 1 is 1.21 bits per heavy atom. The van der Waals surface area contributed by atoms with Gasteiger partial charge in [-0.25, -0.2) is 4.98 Å². The van der Waals surface area contributed by atoms with Gasteiger partial charge < -0.3 is 10.1 Å². The fraction of sp³-hybridized carbons (Fsp3) is 0.280. The first-order valence-electron chi connectivity index (χ1n) is 11.0. The van der Waals surface area contributed by atoms with Crippen molar-refractivity contribution < 1.29 is 4.74 Å². The SMILES string of the molecule is CCn1c(=O)c(-c2ccc(-c3ncccc3C)cc2Cl)cc2cnc(N[C@@H]3CCOC3)nc21. The van der Waals surface area contributed by atoms with Crippen molar-refractivity contribution in [1.29, 1.82) is 0 Å². The van der Waals surface area contributed by atoms with Crippen LogP contribution < -0.4 is 10.9 Å². The third kappa shape index (κ3) is 4.10. The van der Waals surface area contributed by atoms with E-state index >= 15 is 0 Å². The van der Waals surface area contributed by atoms with Crippen LogP contribution in [0.5, 0.6) is 0 Å². The van der Waals surface area contributed by atoms with Crippen LogP contribution in [0.2, 0.25) is 5.02 Å². The number of pyridine rings is 2. The van der Waals surface area contributed by atoms with Gasteiger partial charge in [-0.1, -0.05) is 29.8 Å². The Bertz CT molecular complexity index is 1400. The lowest BCUT2D eigenvalue weighted by Gasteiger charge is -2.15. The summed E-state index contributed by atoms with van der Waals surface area (Å²) >= 11 is 6.68. The highest BCUT2D eigenvalue weighted by molar-refractivity contribution is 6.33. The van der Waals surface area contributed by atoms with Crippen molar-refractivity contribution in [3.63, 3.8) is 0 Å². The standard InChI is InChI=1S/C25H24ClN5O2/c1-3-31-23-17(13-28-25(30-23)29-18-8-10-33-14-18)11-20(24(31)32)19-7-6-16(12-21(19)26)22-15(2)5-4-9-27-22/h4-7,9,11-13,18H,3,8,10,14H2,1-2H3,(H,28,29,30)/t18-/m1/s1. The molecule has 0 aliphatic carbocycles. The second-order valence-corrected chi connectivity index (χ2v) is 8.56. The van der Waals surface area contributed by atoms with Crippen LogP contribution in [0.15, 0.2) is 53.6 Å². The van der Waals surface area contributed by atoms with Gasteiger partial charge in [0.15, 0.2) is 0 Å². The van der Waals surface area contributed by atoms with E-state index in [0.29, 0.717) is 40.9 Å². The molecule has 168 valence electrons. The van der Waals surface area contributed by atoms with Crippen LogP contribution >= 0.6 is 11.6 Å². The van der Waals surface area contributed by atoms with E-state index in [1.54, 1.807) is 17.0 Å². The van der Waals surface area contributed by atoms with Crippen molar-refractivity contribution in [2.75, 3.05) is 18.5 Å². The molecule has 4 heterocycles. The Labute approximate surface area is 196 Å². The molecule has 1 aromatic carbocycles. The van der Waals surface area contributed by atoms with E-state index in [4.69, 9.17) is 16.3 Å². The van der Waals surface area contributed by atoms with Crippen LogP contribution in [-0.2, 0) is 11.3 Å². The van der Waals surface area contributed by atoms with Crippen LogP contribution in [0.25, 0.3) is 33.4 Å². The number of aromatic nitrogens is 4. The first-order chi connectivity index (χ1) is 16.0. The third-order valence-corrected chi connectivity index (χ3v) is 6.26. The van der Waals surface area contributed by atoms with E-state index in [9.17, 15) is 4.79 Å². The van der Waals surface area contributed by atoms with Crippen LogP contribution in [0.4, 0.5) is 5.95 Å². The molecule has 0 saturated carbocycles. The van der Waals surface area contributed by atoms with Gasteiger partial charge in [-0.05, 0) is 44.0 Å². The van der Waals surface area contributed by atoms with Crippen LogP contribution in [0.3, 0.4) is 0 Å². The Kier molecular flexibility index (Phi) is 5.83. The molecule has 0 unspecified atom stereocenters. The molecule has 1 atom stereocenters. The average Bonchev–Trinajstić information content (AvgIpc) is 3.32. The molecular weight excluding hydrogens is 438 g/mol. The Morgan fingerprint density at radius 3 is 2.82 bits per heavy atom. The molecule has 0 radical (unpaired) electrons. The molecule has 1 aliphatic heterocycles. The molecule has 1 aliphatic rings. The quantitative estimate of drug-likeness (QED) is 0.463. The minimum atomic E-state index is -0.137. The fourth-order valence-electron chi connectivity index (χ4n) is 4.21. The molecule has 0 bridgehead atoms. The van der Waals surface area contributed by atoms with E-state index in [-0.39, 0.29) is 11.6 Å². The second-order valence-electron chi connectivity index (χ2n) is 8.15. The summed E-state index contributed by atoms with van der Waals surface area (Å²) in [6.45, 7) is 5.78. The highest BCUT2D eigenvalue weighted by Crippen LogP contribution is 2.32. The Morgan fingerprint density at radius 2 is 2.09 bits per heavy atom. The number of ether oxygens (including phenoxy) is 1. The molecule has 7 nitrogen and oxygen atoms in total. The zero-order chi connectivity index (χ0) is 22.9. The number of hydrogen-bond acceptors (Lipinski definition) is 6. The van der Waals surface area contributed by atoms with E-state index in [2.05, 4.69) is 20.3 Å². The highest BCUT2D eigenvalue weighted by Gasteiger charge is 2.19. The number of nitrogens with one attached hydrogen (secondary N) is 1. The molecule has 5 rings (SSSR count). The maximum absolute atomic E-state index is 13.4. The number of aryl methyl sites for hydroxylation is 2. The normalized spacial score (nSPS) is 15.8. The summed E-state index contributed by atoms with van der Waals surface area (Å²) in [6, 6.07) is 11.6. The van der Waals surface area contributed by atoms with Gasteiger partial charge in [0.05, 0.1) is 18.3 Å².